The molecule has 1 aliphatic carbocycles. The van der Waals surface area contributed by atoms with Crippen molar-refractivity contribution in [1.29, 1.82) is 0 Å². The van der Waals surface area contributed by atoms with Gasteiger partial charge in [0.2, 0.25) is 0 Å². The molecule has 3 heterocycles. The van der Waals surface area contributed by atoms with Crippen molar-refractivity contribution >= 4 is 28.6 Å². The van der Waals surface area contributed by atoms with Gasteiger partial charge in [-0.1, -0.05) is 19.8 Å². The summed E-state index contributed by atoms with van der Waals surface area (Å²) in [5.74, 6) is -0.00200. The summed E-state index contributed by atoms with van der Waals surface area (Å²) >= 11 is 3.33. The number of thiophene rings is 1. The summed E-state index contributed by atoms with van der Waals surface area (Å²) in [4.78, 5) is 23.1. The summed E-state index contributed by atoms with van der Waals surface area (Å²) < 4.78 is 6.40. The highest BCUT2D eigenvalue weighted by molar-refractivity contribution is 7.12. The molecule has 0 aromatic carbocycles. The van der Waals surface area contributed by atoms with Crippen LogP contribution in [-0.4, -0.2) is 47.1 Å². The molecule has 2 aromatic rings. The lowest BCUT2D eigenvalue weighted by molar-refractivity contribution is -0.142. The monoisotopic (exact) mass is 419 g/mol. The van der Waals surface area contributed by atoms with Crippen molar-refractivity contribution in [3.05, 3.63) is 38.0 Å². The number of hydrogen-bond donors (Lipinski definition) is 1. The zero-order valence-electron chi connectivity index (χ0n) is 16.7. The molecule has 1 spiro atoms. The van der Waals surface area contributed by atoms with E-state index in [0.29, 0.717) is 0 Å². The summed E-state index contributed by atoms with van der Waals surface area (Å²) in [7, 11) is 0. The van der Waals surface area contributed by atoms with Crippen LogP contribution < -0.4 is 5.32 Å². The van der Waals surface area contributed by atoms with Crippen LogP contribution in [0, 0.1) is 6.92 Å². The summed E-state index contributed by atoms with van der Waals surface area (Å²) in [5.41, 5.74) is 2.28. The van der Waals surface area contributed by atoms with Gasteiger partial charge in [-0.25, -0.2) is 4.98 Å². The van der Waals surface area contributed by atoms with Gasteiger partial charge >= 0.3 is 0 Å². The maximum atomic E-state index is 12.8. The second-order valence-electron chi connectivity index (χ2n) is 7.88. The molecule has 2 atom stereocenters. The first-order chi connectivity index (χ1) is 13.6. The predicted molar refractivity (Wildman–Crippen MR) is 114 cm³/mol. The van der Waals surface area contributed by atoms with Crippen molar-refractivity contribution in [3.63, 3.8) is 0 Å². The first kappa shape index (κ1) is 20.0. The van der Waals surface area contributed by atoms with Crippen LogP contribution in [0.5, 0.6) is 0 Å². The first-order valence-corrected chi connectivity index (χ1v) is 11.9. The molecule has 0 radical (unpaired) electrons. The van der Waals surface area contributed by atoms with E-state index in [2.05, 4.69) is 34.3 Å². The summed E-state index contributed by atoms with van der Waals surface area (Å²) in [6.07, 6.45) is 5.40. The van der Waals surface area contributed by atoms with Gasteiger partial charge in [0.15, 0.2) is 0 Å². The predicted octanol–water partition coefficient (Wildman–Crippen LogP) is 4.02. The van der Waals surface area contributed by atoms with Crippen molar-refractivity contribution in [3.8, 4) is 0 Å². The number of aryl methyl sites for hydroxylation is 2. The SMILES string of the molecule is CCc1ccc(CN2CCO[C@]3(CCCC[C@H]3NC(=O)c3scnc3C)C2)s1. The molecule has 152 valence electrons. The molecule has 1 saturated heterocycles. The van der Waals surface area contributed by atoms with E-state index in [1.54, 1.807) is 5.51 Å². The zero-order valence-corrected chi connectivity index (χ0v) is 18.3. The van der Waals surface area contributed by atoms with E-state index in [-0.39, 0.29) is 17.6 Å². The van der Waals surface area contributed by atoms with Crippen LogP contribution in [0.4, 0.5) is 0 Å². The lowest BCUT2D eigenvalue weighted by Crippen LogP contribution is -2.63. The number of carbonyl (C=O) groups is 1. The zero-order chi connectivity index (χ0) is 19.6. The van der Waals surface area contributed by atoms with Gasteiger partial charge in [0.1, 0.15) is 10.5 Å². The van der Waals surface area contributed by atoms with Crippen LogP contribution in [0.25, 0.3) is 0 Å². The third-order valence-electron chi connectivity index (χ3n) is 5.97. The highest BCUT2D eigenvalue weighted by Gasteiger charge is 2.46. The minimum absolute atomic E-state index is 0.00200. The van der Waals surface area contributed by atoms with Gasteiger partial charge in [-0.05, 0) is 38.3 Å². The van der Waals surface area contributed by atoms with E-state index < -0.39 is 0 Å². The maximum absolute atomic E-state index is 12.8. The summed E-state index contributed by atoms with van der Waals surface area (Å²) in [5, 5.41) is 3.30. The molecule has 0 unspecified atom stereocenters. The molecule has 1 amide bonds. The number of nitrogens with zero attached hydrogens (tertiary/aromatic N) is 2. The van der Waals surface area contributed by atoms with Gasteiger partial charge in [0.25, 0.3) is 5.91 Å². The summed E-state index contributed by atoms with van der Waals surface area (Å²) in [6.45, 7) is 7.66. The number of morpholine rings is 1. The van der Waals surface area contributed by atoms with Crippen LogP contribution >= 0.6 is 22.7 Å². The quantitative estimate of drug-likeness (QED) is 0.795. The number of ether oxygens (including phenoxy) is 1. The molecular weight excluding hydrogens is 390 g/mol. The lowest BCUT2D eigenvalue weighted by atomic mass is 9.78. The molecule has 0 bridgehead atoms. The third-order valence-corrected chi connectivity index (χ3v) is 8.11. The van der Waals surface area contributed by atoms with Gasteiger partial charge in [0, 0.05) is 29.4 Å². The first-order valence-electron chi connectivity index (χ1n) is 10.2. The minimum Gasteiger partial charge on any atom is -0.370 e. The molecule has 2 aliphatic rings. The summed E-state index contributed by atoms with van der Waals surface area (Å²) in [6, 6.07) is 4.57. The fourth-order valence-corrected chi connectivity index (χ4v) is 6.16. The largest absolute Gasteiger partial charge is 0.370 e. The third kappa shape index (κ3) is 4.17. The van der Waals surface area contributed by atoms with Crippen LogP contribution in [0.2, 0.25) is 0 Å². The number of rotatable bonds is 5. The fraction of sp³-hybridized carbons (Fsp3) is 0.619. The number of aromatic nitrogens is 1. The van der Waals surface area contributed by atoms with Crippen molar-refractivity contribution in [2.75, 3.05) is 19.7 Å². The average molecular weight is 420 g/mol. The van der Waals surface area contributed by atoms with Gasteiger partial charge in [0.05, 0.1) is 23.9 Å². The van der Waals surface area contributed by atoms with E-state index in [9.17, 15) is 4.79 Å². The Bertz CT molecular complexity index is 814. The highest BCUT2D eigenvalue weighted by atomic mass is 32.1. The van der Waals surface area contributed by atoms with Crippen molar-refractivity contribution < 1.29 is 9.53 Å². The van der Waals surface area contributed by atoms with Gasteiger partial charge in [-0.2, -0.15) is 0 Å². The molecule has 1 saturated carbocycles. The van der Waals surface area contributed by atoms with Gasteiger partial charge in [-0.3, -0.25) is 9.69 Å². The van der Waals surface area contributed by atoms with Gasteiger partial charge in [-0.15, -0.1) is 22.7 Å². The number of hydrogen-bond acceptors (Lipinski definition) is 6. The number of nitrogens with one attached hydrogen (secondary N) is 1. The fourth-order valence-electron chi connectivity index (χ4n) is 4.45. The minimum atomic E-state index is -0.268. The van der Waals surface area contributed by atoms with Crippen molar-refractivity contribution in [2.45, 2.75) is 64.1 Å². The van der Waals surface area contributed by atoms with Gasteiger partial charge < -0.3 is 10.1 Å². The van der Waals surface area contributed by atoms with E-state index in [1.165, 1.54) is 27.5 Å². The molecule has 1 N–H and O–H groups in total. The Morgan fingerprint density at radius 2 is 2.25 bits per heavy atom. The highest BCUT2D eigenvalue weighted by Crippen LogP contribution is 2.36. The molecule has 2 fully saturated rings. The Kier molecular flexibility index (Phi) is 6.16. The normalized spacial score (nSPS) is 25.9. The standard InChI is InChI=1S/C21H29N3O2S2/c1-3-16-7-8-17(28-16)12-24-10-11-26-21(13-24)9-5-4-6-18(21)23-20(25)19-15(2)22-14-27-19/h7-8,14,18H,3-6,9-13H2,1-2H3,(H,23,25)/t18-,21-/m1/s1. The lowest BCUT2D eigenvalue weighted by Gasteiger charge is -2.49. The molecule has 2 aromatic heterocycles. The molecule has 4 rings (SSSR count). The Morgan fingerprint density at radius 1 is 1.39 bits per heavy atom. The molecule has 5 nitrogen and oxygen atoms in total. The van der Waals surface area contributed by atoms with Crippen molar-refractivity contribution in [1.82, 2.24) is 15.2 Å². The number of thiazole rings is 1. The van der Waals surface area contributed by atoms with E-state index >= 15 is 0 Å². The number of carbonyl (C=O) groups excluding carboxylic acids is 1. The smallest absolute Gasteiger partial charge is 0.263 e. The topological polar surface area (TPSA) is 54.5 Å². The second-order valence-corrected chi connectivity index (χ2v) is 9.99. The Labute approximate surface area is 175 Å². The van der Waals surface area contributed by atoms with Crippen LogP contribution in [-0.2, 0) is 17.7 Å². The molecule has 28 heavy (non-hydrogen) atoms. The van der Waals surface area contributed by atoms with Crippen LogP contribution in [0.1, 0.15) is 57.7 Å². The molecular formula is C21H29N3O2S2. The molecule has 7 heteroatoms. The Balaban J connectivity index is 1.46. The van der Waals surface area contributed by atoms with Crippen LogP contribution in [0.3, 0.4) is 0 Å². The Morgan fingerprint density at radius 3 is 3.00 bits per heavy atom. The van der Waals surface area contributed by atoms with Crippen LogP contribution in [0.15, 0.2) is 17.6 Å². The molecule has 1 aliphatic heterocycles. The van der Waals surface area contributed by atoms with E-state index in [4.69, 9.17) is 4.74 Å². The second kappa shape index (κ2) is 8.61. The maximum Gasteiger partial charge on any atom is 0.263 e. The van der Waals surface area contributed by atoms with E-state index in [0.717, 1.165) is 62.5 Å². The number of amides is 1. The van der Waals surface area contributed by atoms with Crippen molar-refractivity contribution in [2.24, 2.45) is 0 Å². The average Bonchev–Trinajstić information content (AvgIpc) is 3.32. The van der Waals surface area contributed by atoms with E-state index in [1.807, 2.05) is 18.3 Å². The Hall–Kier alpha value is -1.28.